The van der Waals surface area contributed by atoms with Gasteiger partial charge in [0.1, 0.15) is 10.6 Å². The van der Waals surface area contributed by atoms with E-state index in [1.54, 1.807) is 30.3 Å². The van der Waals surface area contributed by atoms with Crippen LogP contribution in [-0.2, 0) is 10.1 Å². The SMILES string of the molecule is CC(C)c1ccc(/C=C/C(=O)c2ccc(OS(=O)(=O)c3ccc(Br)cc3)cc2)cc1. The predicted molar refractivity (Wildman–Crippen MR) is 122 cm³/mol. The molecule has 0 N–H and O–H groups in total. The summed E-state index contributed by atoms with van der Waals surface area (Å²) in [7, 11) is -3.94. The summed E-state index contributed by atoms with van der Waals surface area (Å²) in [5.41, 5.74) is 2.62. The van der Waals surface area contributed by atoms with Gasteiger partial charge in [-0.2, -0.15) is 8.42 Å². The third-order valence-electron chi connectivity index (χ3n) is 4.48. The Morgan fingerprint density at radius 3 is 2.07 bits per heavy atom. The highest BCUT2D eigenvalue weighted by Gasteiger charge is 2.16. The molecule has 30 heavy (non-hydrogen) atoms. The van der Waals surface area contributed by atoms with Crippen molar-refractivity contribution in [2.24, 2.45) is 0 Å². The number of carbonyl (C=O) groups excluding carboxylic acids is 1. The van der Waals surface area contributed by atoms with Gasteiger partial charge in [-0.25, -0.2) is 0 Å². The number of benzene rings is 3. The van der Waals surface area contributed by atoms with Gasteiger partial charge in [0.25, 0.3) is 0 Å². The molecule has 0 atom stereocenters. The average molecular weight is 485 g/mol. The van der Waals surface area contributed by atoms with Crippen LogP contribution in [0.5, 0.6) is 5.75 Å². The van der Waals surface area contributed by atoms with Gasteiger partial charge in [-0.1, -0.05) is 60.1 Å². The van der Waals surface area contributed by atoms with E-state index in [0.717, 1.165) is 10.0 Å². The summed E-state index contributed by atoms with van der Waals surface area (Å²) in [6.07, 6.45) is 3.26. The largest absolute Gasteiger partial charge is 0.379 e. The maximum atomic E-state index is 12.4. The van der Waals surface area contributed by atoms with E-state index in [1.165, 1.54) is 35.9 Å². The maximum Gasteiger partial charge on any atom is 0.339 e. The fourth-order valence-electron chi connectivity index (χ4n) is 2.71. The number of hydrogen-bond acceptors (Lipinski definition) is 4. The topological polar surface area (TPSA) is 60.4 Å². The zero-order valence-electron chi connectivity index (χ0n) is 16.6. The van der Waals surface area contributed by atoms with E-state index >= 15 is 0 Å². The molecule has 0 saturated heterocycles. The molecule has 4 nitrogen and oxygen atoms in total. The Morgan fingerprint density at radius 1 is 0.900 bits per heavy atom. The second-order valence-electron chi connectivity index (χ2n) is 7.03. The Morgan fingerprint density at radius 2 is 1.50 bits per heavy atom. The summed E-state index contributed by atoms with van der Waals surface area (Å²) in [6, 6.07) is 20.2. The van der Waals surface area contributed by atoms with Crippen LogP contribution in [0.25, 0.3) is 6.08 Å². The first kappa shape index (κ1) is 22.0. The van der Waals surface area contributed by atoms with Gasteiger partial charge in [0.15, 0.2) is 5.78 Å². The summed E-state index contributed by atoms with van der Waals surface area (Å²) in [6.45, 7) is 4.26. The molecule has 3 rings (SSSR count). The smallest absolute Gasteiger partial charge is 0.339 e. The van der Waals surface area contributed by atoms with Gasteiger partial charge in [0, 0.05) is 10.0 Å². The molecule has 0 spiro atoms. The third-order valence-corrected chi connectivity index (χ3v) is 6.27. The summed E-state index contributed by atoms with van der Waals surface area (Å²) >= 11 is 3.26. The lowest BCUT2D eigenvalue weighted by Crippen LogP contribution is -2.09. The van der Waals surface area contributed by atoms with E-state index < -0.39 is 10.1 Å². The molecule has 0 aliphatic carbocycles. The molecule has 0 unspecified atom stereocenters. The van der Waals surface area contributed by atoms with Crippen LogP contribution in [0.1, 0.15) is 41.3 Å². The van der Waals surface area contributed by atoms with E-state index in [0.29, 0.717) is 11.5 Å². The molecule has 0 aromatic heterocycles. The fraction of sp³-hybridized carbons (Fsp3) is 0.125. The van der Waals surface area contributed by atoms with Gasteiger partial charge in [-0.15, -0.1) is 0 Å². The van der Waals surface area contributed by atoms with Crippen molar-refractivity contribution in [3.8, 4) is 5.75 Å². The lowest BCUT2D eigenvalue weighted by molar-refractivity contribution is 0.104. The number of carbonyl (C=O) groups is 1. The Kier molecular flexibility index (Phi) is 6.90. The van der Waals surface area contributed by atoms with Crippen molar-refractivity contribution in [1.82, 2.24) is 0 Å². The first-order valence-corrected chi connectivity index (χ1v) is 11.6. The minimum atomic E-state index is -3.94. The van der Waals surface area contributed by atoms with Crippen LogP contribution in [0.15, 0.2) is 88.2 Å². The van der Waals surface area contributed by atoms with Crippen LogP contribution >= 0.6 is 15.9 Å². The van der Waals surface area contributed by atoms with E-state index in [2.05, 4.69) is 29.8 Å². The van der Waals surface area contributed by atoms with Gasteiger partial charge in [0.2, 0.25) is 0 Å². The van der Waals surface area contributed by atoms with Gasteiger partial charge >= 0.3 is 10.1 Å². The molecular weight excluding hydrogens is 464 g/mol. The molecule has 0 aliphatic heterocycles. The molecule has 0 fully saturated rings. The van der Waals surface area contributed by atoms with Gasteiger partial charge in [0.05, 0.1) is 0 Å². The third kappa shape index (κ3) is 5.68. The first-order chi connectivity index (χ1) is 14.2. The highest BCUT2D eigenvalue weighted by molar-refractivity contribution is 9.10. The Hall–Kier alpha value is -2.70. The summed E-state index contributed by atoms with van der Waals surface area (Å²) < 4.78 is 30.6. The normalized spacial score (nSPS) is 11.7. The van der Waals surface area contributed by atoms with E-state index in [1.807, 2.05) is 24.3 Å². The second kappa shape index (κ2) is 9.41. The van der Waals surface area contributed by atoms with Crippen molar-refractivity contribution < 1.29 is 17.4 Å². The molecule has 0 radical (unpaired) electrons. The van der Waals surface area contributed by atoms with Crippen LogP contribution in [0.3, 0.4) is 0 Å². The first-order valence-electron chi connectivity index (χ1n) is 9.37. The number of ketones is 1. The van der Waals surface area contributed by atoms with E-state index in [-0.39, 0.29) is 16.4 Å². The predicted octanol–water partition coefficient (Wildman–Crippen LogP) is 6.24. The Balaban J connectivity index is 1.67. The Labute approximate surface area is 185 Å². The van der Waals surface area contributed by atoms with E-state index in [9.17, 15) is 13.2 Å². The zero-order chi connectivity index (χ0) is 21.7. The molecule has 3 aromatic rings. The second-order valence-corrected chi connectivity index (χ2v) is 9.50. The maximum absolute atomic E-state index is 12.4. The number of hydrogen-bond donors (Lipinski definition) is 0. The molecule has 6 heteroatoms. The zero-order valence-corrected chi connectivity index (χ0v) is 19.0. The van der Waals surface area contributed by atoms with Crippen molar-refractivity contribution in [2.75, 3.05) is 0 Å². The van der Waals surface area contributed by atoms with Gasteiger partial charge < -0.3 is 4.18 Å². The fourth-order valence-corrected chi connectivity index (χ4v) is 3.91. The molecule has 3 aromatic carbocycles. The average Bonchev–Trinajstić information content (AvgIpc) is 2.73. The molecule has 0 amide bonds. The van der Waals surface area contributed by atoms with Crippen LogP contribution in [0.4, 0.5) is 0 Å². The summed E-state index contributed by atoms with van der Waals surface area (Å²) in [5, 5.41) is 0. The van der Waals surface area contributed by atoms with Gasteiger partial charge in [-0.3, -0.25) is 4.79 Å². The van der Waals surface area contributed by atoms with Gasteiger partial charge in [-0.05, 0) is 71.7 Å². The highest BCUT2D eigenvalue weighted by Crippen LogP contribution is 2.21. The molecule has 0 aliphatic rings. The minimum Gasteiger partial charge on any atom is -0.379 e. The Bertz CT molecular complexity index is 1150. The number of allylic oxidation sites excluding steroid dienone is 1. The minimum absolute atomic E-state index is 0.0530. The number of halogens is 1. The number of rotatable bonds is 7. The highest BCUT2D eigenvalue weighted by atomic mass is 79.9. The lowest BCUT2D eigenvalue weighted by Gasteiger charge is -2.07. The molecule has 154 valence electrons. The van der Waals surface area contributed by atoms with E-state index in [4.69, 9.17) is 4.18 Å². The molecular formula is C24H21BrO4S. The quantitative estimate of drug-likeness (QED) is 0.226. The summed E-state index contributed by atoms with van der Waals surface area (Å²) in [5.74, 6) is 0.422. The van der Waals surface area contributed by atoms with Crippen molar-refractivity contribution in [3.05, 3.63) is 100 Å². The van der Waals surface area contributed by atoms with Crippen LogP contribution in [0, 0.1) is 0 Å². The molecule has 0 heterocycles. The van der Waals surface area contributed by atoms with Crippen molar-refractivity contribution in [1.29, 1.82) is 0 Å². The van der Waals surface area contributed by atoms with Crippen LogP contribution in [-0.4, -0.2) is 14.2 Å². The lowest BCUT2D eigenvalue weighted by atomic mass is 10.0. The standard InChI is InChI=1S/C24H21BrO4S/c1-17(2)19-6-3-18(4-7-19)5-16-24(26)20-8-12-22(13-9-20)29-30(27,28)23-14-10-21(25)11-15-23/h3-17H,1-2H3/b16-5+. The summed E-state index contributed by atoms with van der Waals surface area (Å²) in [4.78, 5) is 12.4. The molecule has 0 bridgehead atoms. The van der Waals surface area contributed by atoms with Crippen molar-refractivity contribution >= 4 is 37.9 Å². The monoisotopic (exact) mass is 484 g/mol. The van der Waals surface area contributed by atoms with Crippen LogP contribution in [0.2, 0.25) is 0 Å². The van der Waals surface area contributed by atoms with Crippen molar-refractivity contribution in [2.45, 2.75) is 24.7 Å². The van der Waals surface area contributed by atoms with Crippen LogP contribution < -0.4 is 4.18 Å². The molecule has 0 saturated carbocycles. The van der Waals surface area contributed by atoms with Crippen molar-refractivity contribution in [3.63, 3.8) is 0 Å².